The van der Waals surface area contributed by atoms with E-state index in [0.717, 1.165) is 32.4 Å². The van der Waals surface area contributed by atoms with Gasteiger partial charge in [0.25, 0.3) is 0 Å². The number of carbonyl (C=O) groups is 1. The molecule has 2 rings (SSSR count). The van der Waals surface area contributed by atoms with Crippen LogP contribution in [0.5, 0.6) is 0 Å². The van der Waals surface area contributed by atoms with E-state index in [4.69, 9.17) is 0 Å². The minimum absolute atomic E-state index is 0. The molecule has 0 bridgehead atoms. The van der Waals surface area contributed by atoms with E-state index in [2.05, 4.69) is 22.7 Å². The van der Waals surface area contributed by atoms with Crippen LogP contribution in [0.1, 0.15) is 26.2 Å². The maximum atomic E-state index is 12.1. The van der Waals surface area contributed by atoms with Crippen molar-refractivity contribution in [2.75, 3.05) is 13.1 Å². The zero-order valence-corrected chi connectivity index (χ0v) is 11.5. The number of hydrogen-bond donors (Lipinski definition) is 2. The fraction of sp³-hybridized carbons (Fsp3) is 0.667. The lowest BCUT2D eigenvalue weighted by Crippen LogP contribution is -2.53. The average Bonchev–Trinajstić information content (AvgIpc) is 3.00. The zero-order valence-electron chi connectivity index (χ0n) is 10.7. The standard InChI is InChI=1S/C12H20N4O.ClH/c1-2-12(5-3-6-14-12)11(17)13-8-10-16-9-4-7-15-16;/h4,7,9,14H,2-3,5-6,8,10H2,1H3,(H,13,17);1H. The molecule has 0 spiro atoms. The van der Waals surface area contributed by atoms with E-state index < -0.39 is 0 Å². The molecule has 1 aliphatic rings. The van der Waals surface area contributed by atoms with Gasteiger partial charge in [-0.25, -0.2) is 0 Å². The summed E-state index contributed by atoms with van der Waals surface area (Å²) in [5.41, 5.74) is -0.329. The minimum atomic E-state index is -0.329. The first kappa shape index (κ1) is 15.0. The number of nitrogens with zero attached hydrogens (tertiary/aromatic N) is 2. The maximum absolute atomic E-state index is 12.1. The van der Waals surface area contributed by atoms with Crippen molar-refractivity contribution in [2.24, 2.45) is 0 Å². The second-order valence-electron chi connectivity index (χ2n) is 4.49. The third-order valence-electron chi connectivity index (χ3n) is 3.47. The largest absolute Gasteiger partial charge is 0.353 e. The van der Waals surface area contributed by atoms with Crippen LogP contribution in [0.2, 0.25) is 0 Å². The number of hydrogen-bond acceptors (Lipinski definition) is 3. The van der Waals surface area contributed by atoms with Crippen molar-refractivity contribution >= 4 is 18.3 Å². The molecule has 0 saturated carbocycles. The molecule has 102 valence electrons. The third-order valence-corrected chi connectivity index (χ3v) is 3.47. The molecular formula is C12H21ClN4O. The monoisotopic (exact) mass is 272 g/mol. The number of amides is 1. The van der Waals surface area contributed by atoms with Crippen LogP contribution in [0.3, 0.4) is 0 Å². The summed E-state index contributed by atoms with van der Waals surface area (Å²) >= 11 is 0. The minimum Gasteiger partial charge on any atom is -0.353 e. The number of aromatic nitrogens is 2. The molecule has 1 fully saturated rings. The highest BCUT2D eigenvalue weighted by Crippen LogP contribution is 2.22. The summed E-state index contributed by atoms with van der Waals surface area (Å²) in [4.78, 5) is 12.1. The molecule has 5 nitrogen and oxygen atoms in total. The van der Waals surface area contributed by atoms with Crippen LogP contribution in [0.15, 0.2) is 18.5 Å². The number of nitrogens with one attached hydrogen (secondary N) is 2. The van der Waals surface area contributed by atoms with Crippen molar-refractivity contribution < 1.29 is 4.79 Å². The Bertz CT molecular complexity index is 360. The van der Waals surface area contributed by atoms with Gasteiger partial charge in [0.15, 0.2) is 0 Å². The van der Waals surface area contributed by atoms with Crippen LogP contribution in [-0.2, 0) is 11.3 Å². The van der Waals surface area contributed by atoms with Crippen molar-refractivity contribution in [3.05, 3.63) is 18.5 Å². The van der Waals surface area contributed by atoms with E-state index in [9.17, 15) is 4.79 Å². The molecule has 1 aromatic rings. The first-order valence-electron chi connectivity index (χ1n) is 6.27. The van der Waals surface area contributed by atoms with Gasteiger partial charge in [-0.1, -0.05) is 6.92 Å². The Labute approximate surface area is 114 Å². The first-order chi connectivity index (χ1) is 8.27. The van der Waals surface area contributed by atoms with Crippen LogP contribution in [0, 0.1) is 0 Å². The Hall–Kier alpha value is -1.07. The normalized spacial score (nSPS) is 22.5. The molecule has 0 aromatic carbocycles. The zero-order chi connectivity index (χ0) is 12.1. The highest BCUT2D eigenvalue weighted by molar-refractivity contribution is 5.86. The van der Waals surface area contributed by atoms with Gasteiger partial charge in [0.2, 0.25) is 5.91 Å². The van der Waals surface area contributed by atoms with Gasteiger partial charge < -0.3 is 10.6 Å². The summed E-state index contributed by atoms with van der Waals surface area (Å²) in [5, 5.41) is 10.4. The van der Waals surface area contributed by atoms with E-state index in [1.807, 2.05) is 16.9 Å². The highest BCUT2D eigenvalue weighted by Gasteiger charge is 2.38. The second-order valence-corrected chi connectivity index (χ2v) is 4.49. The predicted octanol–water partition coefficient (Wildman–Crippen LogP) is 0.953. The first-order valence-corrected chi connectivity index (χ1v) is 6.27. The molecule has 18 heavy (non-hydrogen) atoms. The summed E-state index contributed by atoms with van der Waals surface area (Å²) in [6.45, 7) is 4.36. The van der Waals surface area contributed by atoms with E-state index in [0.29, 0.717) is 6.54 Å². The Morgan fingerprint density at radius 2 is 2.44 bits per heavy atom. The summed E-state index contributed by atoms with van der Waals surface area (Å²) in [6, 6.07) is 1.88. The second kappa shape index (κ2) is 6.75. The van der Waals surface area contributed by atoms with Crippen LogP contribution >= 0.6 is 12.4 Å². The van der Waals surface area contributed by atoms with Crippen molar-refractivity contribution in [3.8, 4) is 0 Å². The molecule has 0 radical (unpaired) electrons. The fourth-order valence-corrected chi connectivity index (χ4v) is 2.35. The molecule has 1 amide bonds. The van der Waals surface area contributed by atoms with E-state index in [-0.39, 0.29) is 23.9 Å². The van der Waals surface area contributed by atoms with Crippen molar-refractivity contribution in [3.63, 3.8) is 0 Å². The predicted molar refractivity (Wildman–Crippen MR) is 72.7 cm³/mol. The molecule has 2 heterocycles. The van der Waals surface area contributed by atoms with Crippen LogP contribution < -0.4 is 10.6 Å². The van der Waals surface area contributed by atoms with Gasteiger partial charge in [-0.3, -0.25) is 9.48 Å². The highest BCUT2D eigenvalue weighted by atomic mass is 35.5. The lowest BCUT2D eigenvalue weighted by molar-refractivity contribution is -0.127. The summed E-state index contributed by atoms with van der Waals surface area (Å²) in [7, 11) is 0. The quantitative estimate of drug-likeness (QED) is 0.839. The van der Waals surface area contributed by atoms with Crippen LogP contribution in [0.4, 0.5) is 0 Å². The van der Waals surface area contributed by atoms with Crippen LogP contribution in [-0.4, -0.2) is 34.3 Å². The summed E-state index contributed by atoms with van der Waals surface area (Å²) in [5.74, 6) is 0.129. The average molecular weight is 273 g/mol. The summed E-state index contributed by atoms with van der Waals surface area (Å²) in [6.07, 6.45) is 6.52. The lowest BCUT2D eigenvalue weighted by Gasteiger charge is -2.26. The van der Waals surface area contributed by atoms with Crippen molar-refractivity contribution in [1.82, 2.24) is 20.4 Å². The maximum Gasteiger partial charge on any atom is 0.240 e. The SMILES string of the molecule is CCC1(C(=O)NCCn2cccn2)CCCN1.Cl. The van der Waals surface area contributed by atoms with Gasteiger partial charge in [-0.05, 0) is 31.9 Å². The molecule has 1 aliphatic heterocycles. The van der Waals surface area contributed by atoms with Gasteiger partial charge in [0, 0.05) is 18.9 Å². The number of rotatable bonds is 5. The lowest BCUT2D eigenvalue weighted by atomic mass is 9.93. The van der Waals surface area contributed by atoms with Gasteiger partial charge in [-0.15, -0.1) is 12.4 Å². The summed E-state index contributed by atoms with van der Waals surface area (Å²) < 4.78 is 1.82. The molecule has 6 heteroatoms. The fourth-order valence-electron chi connectivity index (χ4n) is 2.35. The van der Waals surface area contributed by atoms with E-state index in [1.54, 1.807) is 6.20 Å². The van der Waals surface area contributed by atoms with Gasteiger partial charge in [0.1, 0.15) is 0 Å². The van der Waals surface area contributed by atoms with Crippen molar-refractivity contribution in [1.29, 1.82) is 0 Å². The van der Waals surface area contributed by atoms with Crippen LogP contribution in [0.25, 0.3) is 0 Å². The molecular weight excluding hydrogens is 252 g/mol. The number of halogens is 1. The third kappa shape index (κ3) is 3.23. The Balaban J connectivity index is 0.00000162. The molecule has 2 N–H and O–H groups in total. The molecule has 1 unspecified atom stereocenters. The van der Waals surface area contributed by atoms with Crippen molar-refractivity contribution in [2.45, 2.75) is 38.3 Å². The number of carbonyl (C=O) groups excluding carboxylic acids is 1. The van der Waals surface area contributed by atoms with Gasteiger partial charge in [-0.2, -0.15) is 5.10 Å². The Morgan fingerprint density at radius 3 is 3.00 bits per heavy atom. The van der Waals surface area contributed by atoms with E-state index in [1.165, 1.54) is 0 Å². The topological polar surface area (TPSA) is 59.0 Å². The smallest absolute Gasteiger partial charge is 0.240 e. The molecule has 0 aliphatic carbocycles. The van der Waals surface area contributed by atoms with Gasteiger partial charge >= 0.3 is 0 Å². The molecule has 1 atom stereocenters. The molecule has 1 aromatic heterocycles. The van der Waals surface area contributed by atoms with Gasteiger partial charge in [0.05, 0.1) is 12.1 Å². The van der Waals surface area contributed by atoms with E-state index >= 15 is 0 Å². The Kier molecular flexibility index (Phi) is 5.62. The Morgan fingerprint density at radius 1 is 1.61 bits per heavy atom. The molecule has 1 saturated heterocycles.